The van der Waals surface area contributed by atoms with Gasteiger partial charge in [-0.2, -0.15) is 0 Å². The van der Waals surface area contributed by atoms with E-state index in [1.165, 1.54) is 12.1 Å². The van der Waals surface area contributed by atoms with Crippen LogP contribution in [0.25, 0.3) is 12.3 Å². The van der Waals surface area contributed by atoms with Gasteiger partial charge in [0.25, 0.3) is 1.43 Å². The minimum absolute atomic E-state index is 0.239. The molecular weight excluding hydrogens is 211 g/mol. The van der Waals surface area contributed by atoms with Crippen LogP contribution in [0.4, 0.5) is 4.39 Å². The van der Waals surface area contributed by atoms with Crippen molar-refractivity contribution in [2.75, 3.05) is 0 Å². The number of carbonyl (C=O) groups is 1. The van der Waals surface area contributed by atoms with Crippen LogP contribution in [0.2, 0.25) is 0 Å². The van der Waals surface area contributed by atoms with Crippen molar-refractivity contribution in [3.8, 4) is 0 Å². The largest absolute Gasteiger partial charge is 0.480 e. The van der Waals surface area contributed by atoms with Crippen LogP contribution >= 0.6 is 0 Å². The standard InChI is InChI=1S/C11H11FN2O2/c12-7-1-2-8-6(3-9(13)11(15)16)5-14-10(8)4-7/h1-2,4-5,9,14H,3,13H2,(H,15,16)/t9-/m0/s1/i/hD. The van der Waals surface area contributed by atoms with Gasteiger partial charge in [0.1, 0.15) is 11.9 Å². The zero-order valence-corrected chi connectivity index (χ0v) is 8.37. The normalized spacial score (nSPS) is 13.5. The topological polar surface area (TPSA) is 79.1 Å². The summed E-state index contributed by atoms with van der Waals surface area (Å²) in [5, 5.41) is 4.61. The monoisotopic (exact) mass is 223 g/mol. The molecule has 0 aliphatic rings. The maximum absolute atomic E-state index is 12.9. The summed E-state index contributed by atoms with van der Waals surface area (Å²) < 4.78 is 19.4. The number of nitrogens with two attached hydrogens (primary N) is 1. The zero-order valence-electron chi connectivity index (χ0n) is 9.37. The average molecular weight is 223 g/mol. The summed E-state index contributed by atoms with van der Waals surface area (Å²) in [4.78, 5) is 13.9. The molecule has 0 bridgehead atoms. The third kappa shape index (κ3) is 1.90. The van der Waals surface area contributed by atoms with Crippen LogP contribution in [-0.4, -0.2) is 22.1 Å². The lowest BCUT2D eigenvalue weighted by atomic mass is 10.1. The van der Waals surface area contributed by atoms with E-state index in [1.54, 1.807) is 12.3 Å². The number of carboxylic acids is 1. The summed E-state index contributed by atoms with van der Waals surface area (Å²) >= 11 is 0. The van der Waals surface area contributed by atoms with E-state index >= 15 is 0 Å². The van der Waals surface area contributed by atoms with Crippen molar-refractivity contribution in [3.63, 3.8) is 0 Å². The molecule has 0 fully saturated rings. The van der Waals surface area contributed by atoms with Gasteiger partial charge in [-0.3, -0.25) is 4.79 Å². The number of halogens is 1. The first-order chi connectivity index (χ1) is 8.11. The van der Waals surface area contributed by atoms with E-state index in [1.807, 2.05) is 0 Å². The van der Waals surface area contributed by atoms with E-state index in [9.17, 15) is 9.18 Å². The molecule has 16 heavy (non-hydrogen) atoms. The van der Waals surface area contributed by atoms with Crippen LogP contribution in [0.15, 0.2) is 24.4 Å². The van der Waals surface area contributed by atoms with E-state index in [0.717, 1.165) is 10.9 Å². The molecule has 1 aromatic carbocycles. The van der Waals surface area contributed by atoms with Gasteiger partial charge in [0.2, 0.25) is 0 Å². The van der Waals surface area contributed by atoms with Crippen molar-refractivity contribution in [1.29, 1.82) is 1.43 Å². The van der Waals surface area contributed by atoms with Crippen molar-refractivity contribution in [1.82, 2.24) is 4.98 Å². The first-order valence-corrected chi connectivity index (χ1v) is 4.80. The molecule has 4 nitrogen and oxygen atoms in total. The van der Waals surface area contributed by atoms with E-state index in [0.29, 0.717) is 5.52 Å². The predicted octanol–water partition coefficient (Wildman–Crippen LogP) is 1.26. The van der Waals surface area contributed by atoms with E-state index in [4.69, 9.17) is 7.16 Å². The summed E-state index contributed by atoms with van der Waals surface area (Å²) in [5.41, 5.74) is 6.99. The Morgan fingerprint density at radius 2 is 2.50 bits per heavy atom. The third-order valence-corrected chi connectivity index (χ3v) is 2.47. The minimum atomic E-state index is -0.892. The molecule has 1 heterocycles. The number of aromatic nitrogens is 1. The van der Waals surface area contributed by atoms with Crippen molar-refractivity contribution in [3.05, 3.63) is 35.8 Å². The summed E-state index contributed by atoms with van der Waals surface area (Å²) in [6.07, 6.45) is 1.91. The summed E-state index contributed by atoms with van der Waals surface area (Å²) in [7, 11) is 0. The first kappa shape index (κ1) is 9.35. The van der Waals surface area contributed by atoms with Gasteiger partial charge < -0.3 is 15.8 Å². The Hall–Kier alpha value is -1.88. The second-order valence-corrected chi connectivity index (χ2v) is 3.63. The highest BCUT2D eigenvalue weighted by molar-refractivity contribution is 5.84. The predicted molar refractivity (Wildman–Crippen MR) is 57.6 cm³/mol. The van der Waals surface area contributed by atoms with E-state index < -0.39 is 12.0 Å². The van der Waals surface area contributed by atoms with Gasteiger partial charge in [-0.05, 0) is 23.8 Å². The Morgan fingerprint density at radius 1 is 1.69 bits per heavy atom. The van der Waals surface area contributed by atoms with E-state index in [-0.39, 0.29) is 12.2 Å². The Morgan fingerprint density at radius 3 is 3.25 bits per heavy atom. The molecule has 2 aromatic rings. The molecule has 4 N–H and O–H groups in total. The van der Waals surface area contributed by atoms with Crippen LogP contribution in [0, 0.1) is 5.82 Å². The Kier molecular flexibility index (Phi) is 2.30. The molecule has 0 amide bonds. The summed E-state index contributed by atoms with van der Waals surface area (Å²) in [6.45, 7) is 0. The quantitative estimate of drug-likeness (QED) is 0.732. The first-order valence-electron chi connectivity index (χ1n) is 5.20. The molecule has 84 valence electrons. The molecule has 0 radical (unpaired) electrons. The molecule has 5 heteroatoms. The number of hydrogen-bond donors (Lipinski definition) is 3. The van der Waals surface area contributed by atoms with Gasteiger partial charge in [0.15, 0.2) is 0 Å². The Balaban J connectivity index is 2.28. The fraction of sp³-hybridized carbons (Fsp3) is 0.182. The van der Waals surface area contributed by atoms with Crippen LogP contribution in [0.5, 0.6) is 0 Å². The highest BCUT2D eigenvalue weighted by atomic mass is 19.1. The van der Waals surface area contributed by atoms with Gasteiger partial charge in [0, 0.05) is 23.5 Å². The van der Waals surface area contributed by atoms with Crippen LogP contribution < -0.4 is 5.73 Å². The molecule has 2 rings (SSSR count). The number of nitrogens with one attached hydrogen (secondary N) is 1. The highest BCUT2D eigenvalue weighted by Crippen LogP contribution is 2.20. The second-order valence-electron chi connectivity index (χ2n) is 3.63. The zero-order chi connectivity index (χ0) is 12.4. The number of aromatic amines is 1. The summed E-state index contributed by atoms with van der Waals surface area (Å²) in [5.74, 6) is -1.12. The molecule has 0 aliphatic carbocycles. The summed E-state index contributed by atoms with van der Waals surface area (Å²) in [6, 6.07) is 3.44. The fourth-order valence-electron chi connectivity index (χ4n) is 1.65. The molecule has 0 aliphatic heterocycles. The number of hydrogen-bond acceptors (Lipinski definition) is 3. The SMILES string of the molecule is [2H]OC(=O)[C@@H](N)Cc1c[nH]c2cc(F)ccc12. The molecular formula is C11H11FN2O2. The number of rotatable bonds is 3. The van der Waals surface area contributed by atoms with Crippen LogP contribution in [0.1, 0.15) is 5.56 Å². The number of carboxylic acid groups (broad SMARTS) is 1. The van der Waals surface area contributed by atoms with Crippen molar-refractivity contribution < 1.29 is 14.3 Å². The van der Waals surface area contributed by atoms with E-state index in [2.05, 4.69) is 10.1 Å². The van der Waals surface area contributed by atoms with Crippen LogP contribution in [-0.2, 0) is 11.2 Å². The average Bonchev–Trinajstić information content (AvgIpc) is 2.70. The lowest BCUT2D eigenvalue weighted by Gasteiger charge is -2.04. The number of benzene rings is 1. The van der Waals surface area contributed by atoms with Gasteiger partial charge in [-0.25, -0.2) is 4.39 Å². The molecule has 0 spiro atoms. The molecule has 0 saturated carbocycles. The van der Waals surface area contributed by atoms with Gasteiger partial charge in [-0.1, -0.05) is 0 Å². The Labute approximate surface area is 92.4 Å². The molecule has 0 unspecified atom stereocenters. The number of fused-ring (bicyclic) bond motifs is 1. The molecule has 1 aromatic heterocycles. The van der Waals surface area contributed by atoms with Crippen molar-refractivity contribution in [2.45, 2.75) is 12.5 Å². The highest BCUT2D eigenvalue weighted by Gasteiger charge is 2.14. The van der Waals surface area contributed by atoms with Gasteiger partial charge in [0.05, 0.1) is 0 Å². The maximum Gasteiger partial charge on any atom is 0.320 e. The van der Waals surface area contributed by atoms with Crippen LogP contribution in [0.3, 0.4) is 0 Å². The smallest absolute Gasteiger partial charge is 0.320 e. The second kappa shape index (κ2) is 3.94. The van der Waals surface area contributed by atoms with Gasteiger partial charge >= 0.3 is 5.97 Å². The molecule has 1 atom stereocenters. The van der Waals surface area contributed by atoms with Crippen molar-refractivity contribution in [2.24, 2.45) is 5.73 Å². The van der Waals surface area contributed by atoms with Crippen molar-refractivity contribution >= 4 is 16.9 Å². The Bertz CT molecular complexity index is 555. The third-order valence-electron chi connectivity index (χ3n) is 2.47. The maximum atomic E-state index is 12.9. The number of aliphatic carboxylic acids is 1. The lowest BCUT2D eigenvalue weighted by molar-refractivity contribution is -0.138. The van der Waals surface area contributed by atoms with Gasteiger partial charge in [-0.15, -0.1) is 0 Å². The minimum Gasteiger partial charge on any atom is -0.480 e. The fourth-order valence-corrected chi connectivity index (χ4v) is 1.65. The number of H-pyrrole nitrogens is 1. The molecule has 0 saturated heterocycles. The lowest BCUT2D eigenvalue weighted by Crippen LogP contribution is -2.32.